The molecule has 0 amide bonds. The number of halogens is 1. The molecule has 0 bridgehead atoms. The van der Waals surface area contributed by atoms with Crippen LogP contribution in [0.5, 0.6) is 0 Å². The third-order valence-corrected chi connectivity index (χ3v) is 3.73. The predicted molar refractivity (Wildman–Crippen MR) is 81.1 cm³/mol. The van der Waals surface area contributed by atoms with Gasteiger partial charge in [0.2, 0.25) is 5.95 Å². The largest absolute Gasteiger partial charge is 0.383 e. The van der Waals surface area contributed by atoms with Crippen molar-refractivity contribution in [3.63, 3.8) is 0 Å². The number of hydrogen-bond donors (Lipinski definition) is 1. The molecule has 0 saturated heterocycles. The smallest absolute Gasteiger partial charge is 0.207 e. The highest BCUT2D eigenvalue weighted by molar-refractivity contribution is 9.10. The van der Waals surface area contributed by atoms with Crippen molar-refractivity contribution in [2.24, 2.45) is 0 Å². The lowest BCUT2D eigenvalue weighted by molar-refractivity contribution is 0.210. The molecule has 1 heterocycles. The van der Waals surface area contributed by atoms with Gasteiger partial charge in [-0.25, -0.2) is 4.98 Å². The SMILES string of the molecule is COCCNc1nc(C)cn1-c1ccc(Br)c(C)c1. The molecule has 4 nitrogen and oxygen atoms in total. The number of imidazole rings is 1. The molecule has 102 valence electrons. The summed E-state index contributed by atoms with van der Waals surface area (Å²) in [5.74, 6) is 0.844. The Bertz CT molecular complexity index is 566. The van der Waals surface area contributed by atoms with Gasteiger partial charge in [-0.15, -0.1) is 0 Å². The van der Waals surface area contributed by atoms with Gasteiger partial charge in [0.1, 0.15) is 0 Å². The summed E-state index contributed by atoms with van der Waals surface area (Å²) in [6.07, 6.45) is 2.03. The van der Waals surface area contributed by atoms with Crippen LogP contribution in [0.3, 0.4) is 0 Å². The van der Waals surface area contributed by atoms with Crippen molar-refractivity contribution in [3.05, 3.63) is 40.1 Å². The van der Waals surface area contributed by atoms with Crippen LogP contribution in [0.25, 0.3) is 5.69 Å². The van der Waals surface area contributed by atoms with Gasteiger partial charge >= 0.3 is 0 Å². The van der Waals surface area contributed by atoms with Crippen LogP contribution >= 0.6 is 15.9 Å². The maximum absolute atomic E-state index is 5.05. The molecule has 0 spiro atoms. The van der Waals surface area contributed by atoms with Gasteiger partial charge in [-0.1, -0.05) is 15.9 Å². The Hall–Kier alpha value is -1.33. The summed E-state index contributed by atoms with van der Waals surface area (Å²) in [4.78, 5) is 4.50. The summed E-state index contributed by atoms with van der Waals surface area (Å²) in [7, 11) is 1.69. The van der Waals surface area contributed by atoms with Crippen LogP contribution in [-0.4, -0.2) is 29.8 Å². The van der Waals surface area contributed by atoms with Crippen molar-refractivity contribution in [2.75, 3.05) is 25.6 Å². The van der Waals surface area contributed by atoms with Crippen molar-refractivity contribution >= 4 is 21.9 Å². The molecule has 1 aromatic carbocycles. The monoisotopic (exact) mass is 323 g/mol. The Morgan fingerprint density at radius 3 is 2.84 bits per heavy atom. The summed E-state index contributed by atoms with van der Waals surface area (Å²) in [5, 5.41) is 3.28. The highest BCUT2D eigenvalue weighted by Gasteiger charge is 2.08. The van der Waals surface area contributed by atoms with Crippen LogP contribution in [0, 0.1) is 13.8 Å². The molecule has 0 atom stereocenters. The lowest BCUT2D eigenvalue weighted by Crippen LogP contribution is -2.11. The van der Waals surface area contributed by atoms with Gasteiger partial charge in [0.05, 0.1) is 12.3 Å². The fraction of sp³-hybridized carbons (Fsp3) is 0.357. The minimum absolute atomic E-state index is 0.658. The van der Waals surface area contributed by atoms with Crippen molar-refractivity contribution in [3.8, 4) is 5.69 Å². The number of hydrogen-bond acceptors (Lipinski definition) is 3. The van der Waals surface area contributed by atoms with E-state index in [0.717, 1.165) is 28.3 Å². The van der Waals surface area contributed by atoms with E-state index in [2.05, 4.69) is 55.9 Å². The molecular formula is C14H18BrN3O. The first-order valence-corrected chi connectivity index (χ1v) is 6.96. The van der Waals surface area contributed by atoms with Crippen molar-refractivity contribution in [1.29, 1.82) is 0 Å². The Kier molecular flexibility index (Phi) is 4.61. The van der Waals surface area contributed by atoms with E-state index in [1.807, 2.05) is 13.1 Å². The number of ether oxygens (including phenoxy) is 1. The molecule has 0 unspecified atom stereocenters. The molecule has 0 fully saturated rings. The summed E-state index contributed by atoms with van der Waals surface area (Å²) >= 11 is 3.52. The average Bonchev–Trinajstić information content (AvgIpc) is 2.74. The van der Waals surface area contributed by atoms with Gasteiger partial charge in [-0.05, 0) is 37.6 Å². The second kappa shape index (κ2) is 6.21. The predicted octanol–water partition coefficient (Wildman–Crippen LogP) is 3.31. The van der Waals surface area contributed by atoms with E-state index in [1.165, 1.54) is 5.56 Å². The number of methoxy groups -OCH3 is 1. The summed E-state index contributed by atoms with van der Waals surface area (Å²) < 4.78 is 8.22. The molecule has 1 aromatic heterocycles. The Labute approximate surface area is 121 Å². The summed E-state index contributed by atoms with van der Waals surface area (Å²) in [6, 6.07) is 6.26. The topological polar surface area (TPSA) is 39.1 Å². The highest BCUT2D eigenvalue weighted by atomic mass is 79.9. The van der Waals surface area contributed by atoms with E-state index in [0.29, 0.717) is 6.61 Å². The molecule has 19 heavy (non-hydrogen) atoms. The van der Waals surface area contributed by atoms with E-state index in [1.54, 1.807) is 7.11 Å². The number of anilines is 1. The second-order valence-electron chi connectivity index (χ2n) is 4.43. The number of aromatic nitrogens is 2. The van der Waals surface area contributed by atoms with Crippen molar-refractivity contribution < 1.29 is 4.74 Å². The van der Waals surface area contributed by atoms with Crippen LogP contribution in [0.15, 0.2) is 28.9 Å². The zero-order valence-corrected chi connectivity index (χ0v) is 13.0. The number of rotatable bonds is 5. The Balaban J connectivity index is 2.29. The fourth-order valence-corrected chi connectivity index (χ4v) is 2.11. The first kappa shape index (κ1) is 14.1. The number of aryl methyl sites for hydroxylation is 2. The fourth-order valence-electron chi connectivity index (χ4n) is 1.86. The van der Waals surface area contributed by atoms with E-state index in [-0.39, 0.29) is 0 Å². The third-order valence-electron chi connectivity index (χ3n) is 2.84. The molecule has 0 aliphatic carbocycles. The molecule has 2 aromatic rings. The minimum Gasteiger partial charge on any atom is -0.383 e. The van der Waals surface area contributed by atoms with Crippen molar-refractivity contribution in [2.45, 2.75) is 13.8 Å². The number of benzene rings is 1. The number of nitrogens with one attached hydrogen (secondary N) is 1. The molecule has 0 radical (unpaired) electrons. The quantitative estimate of drug-likeness (QED) is 0.858. The highest BCUT2D eigenvalue weighted by Crippen LogP contribution is 2.22. The maximum atomic E-state index is 5.05. The van der Waals surface area contributed by atoms with Gasteiger partial charge in [0.25, 0.3) is 0 Å². The van der Waals surface area contributed by atoms with Crippen LogP contribution in [0.1, 0.15) is 11.3 Å². The van der Waals surface area contributed by atoms with Crippen LogP contribution in [-0.2, 0) is 4.74 Å². The Morgan fingerprint density at radius 1 is 1.37 bits per heavy atom. The molecule has 5 heteroatoms. The maximum Gasteiger partial charge on any atom is 0.207 e. The summed E-state index contributed by atoms with van der Waals surface area (Å²) in [5.41, 5.74) is 3.29. The van der Waals surface area contributed by atoms with Crippen LogP contribution < -0.4 is 5.32 Å². The van der Waals surface area contributed by atoms with E-state index in [9.17, 15) is 0 Å². The minimum atomic E-state index is 0.658. The molecular weight excluding hydrogens is 306 g/mol. The van der Waals surface area contributed by atoms with Gasteiger partial charge in [0.15, 0.2) is 0 Å². The van der Waals surface area contributed by atoms with Gasteiger partial charge in [0, 0.05) is 30.0 Å². The molecule has 0 aliphatic heterocycles. The Morgan fingerprint density at radius 2 is 2.16 bits per heavy atom. The van der Waals surface area contributed by atoms with Crippen LogP contribution in [0.2, 0.25) is 0 Å². The van der Waals surface area contributed by atoms with Gasteiger partial charge in [-0.3, -0.25) is 4.57 Å². The summed E-state index contributed by atoms with van der Waals surface area (Å²) in [6.45, 7) is 5.47. The van der Waals surface area contributed by atoms with E-state index >= 15 is 0 Å². The normalized spacial score (nSPS) is 10.7. The molecule has 2 rings (SSSR count). The lowest BCUT2D eigenvalue weighted by atomic mass is 10.2. The van der Waals surface area contributed by atoms with E-state index in [4.69, 9.17) is 4.74 Å². The zero-order valence-electron chi connectivity index (χ0n) is 11.4. The molecule has 0 aliphatic rings. The average molecular weight is 324 g/mol. The standard InChI is InChI=1S/C14H18BrN3O/c1-10-8-12(4-5-13(10)15)18-9-11(2)17-14(18)16-6-7-19-3/h4-5,8-9H,6-7H2,1-3H3,(H,16,17). The molecule has 0 saturated carbocycles. The third kappa shape index (κ3) is 3.36. The van der Waals surface area contributed by atoms with Gasteiger partial charge < -0.3 is 10.1 Å². The molecule has 1 N–H and O–H groups in total. The lowest BCUT2D eigenvalue weighted by Gasteiger charge is -2.10. The zero-order chi connectivity index (χ0) is 13.8. The second-order valence-corrected chi connectivity index (χ2v) is 5.28. The first-order chi connectivity index (χ1) is 9.11. The van der Waals surface area contributed by atoms with Crippen LogP contribution in [0.4, 0.5) is 5.95 Å². The number of nitrogens with zero attached hydrogens (tertiary/aromatic N) is 2. The first-order valence-electron chi connectivity index (χ1n) is 6.17. The van der Waals surface area contributed by atoms with Gasteiger partial charge in [-0.2, -0.15) is 0 Å². The van der Waals surface area contributed by atoms with E-state index < -0.39 is 0 Å². The van der Waals surface area contributed by atoms with Crippen molar-refractivity contribution in [1.82, 2.24) is 9.55 Å².